The Morgan fingerprint density at radius 1 is 1.25 bits per heavy atom. The molecule has 0 unspecified atom stereocenters. The highest BCUT2D eigenvalue weighted by Crippen LogP contribution is 2.18. The molecule has 0 atom stereocenters. The zero-order valence-corrected chi connectivity index (χ0v) is 14.4. The minimum absolute atomic E-state index is 0.0643. The number of aromatic nitrogens is 2. The zero-order chi connectivity index (χ0) is 16.9. The highest BCUT2D eigenvalue weighted by Gasteiger charge is 2.16. The van der Waals surface area contributed by atoms with E-state index in [0.717, 1.165) is 30.4 Å². The number of rotatable bonds is 4. The maximum absolute atomic E-state index is 12.5. The summed E-state index contributed by atoms with van der Waals surface area (Å²) in [4.78, 5) is 20.9. The lowest BCUT2D eigenvalue weighted by Crippen LogP contribution is -2.27. The molecule has 3 rings (SSSR count). The van der Waals surface area contributed by atoms with Crippen LogP contribution in [0.3, 0.4) is 0 Å². The molecule has 0 spiro atoms. The zero-order valence-electron chi connectivity index (χ0n) is 14.4. The van der Waals surface area contributed by atoms with Crippen molar-refractivity contribution < 1.29 is 9.32 Å². The van der Waals surface area contributed by atoms with Crippen molar-refractivity contribution in [3.63, 3.8) is 0 Å². The molecule has 6 nitrogen and oxygen atoms in total. The number of amides is 1. The second kappa shape index (κ2) is 7.47. The van der Waals surface area contributed by atoms with Crippen molar-refractivity contribution in [2.24, 2.45) is 0 Å². The molecule has 0 aromatic carbocycles. The third kappa shape index (κ3) is 3.93. The van der Waals surface area contributed by atoms with Crippen molar-refractivity contribution in [1.82, 2.24) is 15.0 Å². The van der Waals surface area contributed by atoms with Crippen molar-refractivity contribution in [3.8, 4) is 0 Å². The SMILES string of the molecule is Cc1cc(CN(C)C(=O)c2ccc(N3CCCCCC3)nc2)no1. The number of aryl methyl sites for hydroxylation is 1. The summed E-state index contributed by atoms with van der Waals surface area (Å²) in [5.41, 5.74) is 1.34. The van der Waals surface area contributed by atoms with Gasteiger partial charge < -0.3 is 14.3 Å². The van der Waals surface area contributed by atoms with E-state index in [2.05, 4.69) is 15.0 Å². The number of hydrogen-bond donors (Lipinski definition) is 0. The molecule has 1 amide bonds. The minimum Gasteiger partial charge on any atom is -0.361 e. The first-order valence-electron chi connectivity index (χ1n) is 8.52. The summed E-state index contributed by atoms with van der Waals surface area (Å²) < 4.78 is 5.04. The molecule has 3 heterocycles. The van der Waals surface area contributed by atoms with Gasteiger partial charge in [0.15, 0.2) is 0 Å². The first-order valence-corrected chi connectivity index (χ1v) is 8.52. The second-order valence-electron chi connectivity index (χ2n) is 6.40. The van der Waals surface area contributed by atoms with Crippen LogP contribution < -0.4 is 4.90 Å². The van der Waals surface area contributed by atoms with E-state index in [1.54, 1.807) is 18.1 Å². The molecule has 2 aromatic rings. The van der Waals surface area contributed by atoms with Gasteiger partial charge in [0.2, 0.25) is 0 Å². The Bertz CT molecular complexity index is 673. The van der Waals surface area contributed by atoms with E-state index in [1.165, 1.54) is 25.7 Å². The summed E-state index contributed by atoms with van der Waals surface area (Å²) in [5, 5.41) is 3.92. The monoisotopic (exact) mass is 328 g/mol. The predicted molar refractivity (Wildman–Crippen MR) is 92.0 cm³/mol. The van der Waals surface area contributed by atoms with E-state index < -0.39 is 0 Å². The molecular weight excluding hydrogens is 304 g/mol. The van der Waals surface area contributed by atoms with Gasteiger partial charge in [-0.25, -0.2) is 4.98 Å². The molecule has 0 radical (unpaired) electrons. The Kier molecular flexibility index (Phi) is 5.13. The molecule has 0 N–H and O–H groups in total. The average Bonchev–Trinajstić information content (AvgIpc) is 2.84. The van der Waals surface area contributed by atoms with Gasteiger partial charge in [-0.2, -0.15) is 0 Å². The van der Waals surface area contributed by atoms with Crippen LogP contribution in [0.5, 0.6) is 0 Å². The lowest BCUT2D eigenvalue weighted by atomic mass is 10.2. The van der Waals surface area contributed by atoms with Gasteiger partial charge in [-0.1, -0.05) is 18.0 Å². The summed E-state index contributed by atoms with van der Waals surface area (Å²) >= 11 is 0. The molecule has 1 fully saturated rings. The highest BCUT2D eigenvalue weighted by atomic mass is 16.5. The van der Waals surface area contributed by atoms with Gasteiger partial charge in [-0.05, 0) is 31.9 Å². The molecular formula is C18H24N4O2. The third-order valence-corrected chi connectivity index (χ3v) is 4.35. The first kappa shape index (κ1) is 16.5. The van der Waals surface area contributed by atoms with Crippen molar-refractivity contribution in [2.75, 3.05) is 25.0 Å². The highest BCUT2D eigenvalue weighted by molar-refractivity contribution is 5.93. The van der Waals surface area contributed by atoms with E-state index in [0.29, 0.717) is 12.1 Å². The van der Waals surface area contributed by atoms with Crippen LogP contribution in [0, 0.1) is 6.92 Å². The summed E-state index contributed by atoms with van der Waals surface area (Å²) in [5.74, 6) is 1.64. The Balaban J connectivity index is 1.64. The van der Waals surface area contributed by atoms with Crippen LogP contribution in [-0.2, 0) is 6.54 Å². The van der Waals surface area contributed by atoms with Gasteiger partial charge in [-0.3, -0.25) is 4.79 Å². The summed E-state index contributed by atoms with van der Waals surface area (Å²) in [7, 11) is 1.76. The van der Waals surface area contributed by atoms with Gasteiger partial charge in [-0.15, -0.1) is 0 Å². The number of hydrogen-bond acceptors (Lipinski definition) is 5. The Morgan fingerprint density at radius 3 is 2.58 bits per heavy atom. The van der Waals surface area contributed by atoms with Gasteiger partial charge in [0.25, 0.3) is 5.91 Å². The standard InChI is InChI=1S/C18H24N4O2/c1-14-11-16(20-24-14)13-21(2)18(23)15-7-8-17(19-12-15)22-9-5-3-4-6-10-22/h7-8,11-12H,3-6,9-10,13H2,1-2H3. The Morgan fingerprint density at radius 2 is 2.00 bits per heavy atom. The number of anilines is 1. The van der Waals surface area contributed by atoms with Crippen molar-refractivity contribution in [3.05, 3.63) is 41.4 Å². The lowest BCUT2D eigenvalue weighted by molar-refractivity contribution is 0.0782. The molecule has 128 valence electrons. The topological polar surface area (TPSA) is 62.5 Å². The molecule has 24 heavy (non-hydrogen) atoms. The number of pyridine rings is 1. The molecule has 6 heteroatoms. The Hall–Kier alpha value is -2.37. The van der Waals surface area contributed by atoms with Gasteiger partial charge in [0, 0.05) is 32.4 Å². The summed E-state index contributed by atoms with van der Waals surface area (Å²) in [6, 6.07) is 5.65. The number of carbonyl (C=O) groups excluding carboxylic acids is 1. The van der Waals surface area contributed by atoms with E-state index in [-0.39, 0.29) is 5.91 Å². The van der Waals surface area contributed by atoms with Crippen molar-refractivity contribution in [2.45, 2.75) is 39.2 Å². The largest absolute Gasteiger partial charge is 0.361 e. The van der Waals surface area contributed by atoms with E-state index >= 15 is 0 Å². The molecule has 0 saturated carbocycles. The first-order chi connectivity index (χ1) is 11.6. The van der Waals surface area contributed by atoms with Crippen LogP contribution in [0.15, 0.2) is 28.9 Å². The minimum atomic E-state index is -0.0643. The third-order valence-electron chi connectivity index (χ3n) is 4.35. The van der Waals surface area contributed by atoms with Crippen LogP contribution in [-0.4, -0.2) is 41.1 Å². The van der Waals surface area contributed by atoms with E-state index in [4.69, 9.17) is 4.52 Å². The van der Waals surface area contributed by atoms with Gasteiger partial charge in [0.05, 0.1) is 12.1 Å². The molecule has 0 bridgehead atoms. The van der Waals surface area contributed by atoms with Crippen LogP contribution in [0.2, 0.25) is 0 Å². The second-order valence-corrected chi connectivity index (χ2v) is 6.40. The maximum Gasteiger partial charge on any atom is 0.255 e. The fourth-order valence-electron chi connectivity index (χ4n) is 3.03. The van der Waals surface area contributed by atoms with Crippen LogP contribution in [0.25, 0.3) is 0 Å². The number of nitrogens with zero attached hydrogens (tertiary/aromatic N) is 4. The quantitative estimate of drug-likeness (QED) is 0.863. The molecule has 0 aliphatic carbocycles. The smallest absolute Gasteiger partial charge is 0.255 e. The fourth-order valence-corrected chi connectivity index (χ4v) is 3.03. The van der Waals surface area contributed by atoms with Crippen LogP contribution >= 0.6 is 0 Å². The normalized spacial score (nSPS) is 15.2. The van der Waals surface area contributed by atoms with Crippen LogP contribution in [0.1, 0.15) is 47.5 Å². The Labute approximate surface area is 142 Å². The van der Waals surface area contributed by atoms with Gasteiger partial charge >= 0.3 is 0 Å². The summed E-state index contributed by atoms with van der Waals surface area (Å²) in [6.07, 6.45) is 6.68. The van der Waals surface area contributed by atoms with Crippen molar-refractivity contribution in [1.29, 1.82) is 0 Å². The fraction of sp³-hybridized carbons (Fsp3) is 0.500. The maximum atomic E-state index is 12.5. The number of carbonyl (C=O) groups is 1. The molecule has 1 aliphatic rings. The molecule has 1 aliphatic heterocycles. The van der Waals surface area contributed by atoms with Crippen molar-refractivity contribution >= 4 is 11.7 Å². The molecule has 1 saturated heterocycles. The lowest BCUT2D eigenvalue weighted by Gasteiger charge is -2.22. The summed E-state index contributed by atoms with van der Waals surface area (Å²) in [6.45, 7) is 4.35. The van der Waals surface area contributed by atoms with E-state index in [9.17, 15) is 4.79 Å². The predicted octanol–water partition coefficient (Wildman–Crippen LogP) is 3.03. The van der Waals surface area contributed by atoms with Crippen LogP contribution in [0.4, 0.5) is 5.82 Å². The average molecular weight is 328 g/mol. The molecule has 2 aromatic heterocycles. The van der Waals surface area contributed by atoms with Gasteiger partial charge in [0.1, 0.15) is 17.3 Å². The van der Waals surface area contributed by atoms with E-state index in [1.807, 2.05) is 25.1 Å².